The molecule has 0 spiro atoms. The number of rotatable bonds is 9. The average Bonchev–Trinajstić information content (AvgIpc) is 1.42. The molecule has 2 aliphatic carbocycles. The number of nitrogens with zero attached hydrogens (tertiary/aromatic N) is 3. The first-order valence-electron chi connectivity index (χ1n) is 28.8. The summed E-state index contributed by atoms with van der Waals surface area (Å²) in [6.07, 6.45) is -0.104. The number of ketones is 3. The van der Waals surface area contributed by atoms with Crippen molar-refractivity contribution >= 4 is 46.4 Å². The first-order chi connectivity index (χ1) is 40.4. The lowest BCUT2D eigenvalue weighted by Gasteiger charge is -2.39. The number of halogens is 4. The van der Waals surface area contributed by atoms with E-state index in [-0.39, 0.29) is 77.7 Å². The maximum Gasteiger partial charge on any atom is 0.397 e. The lowest BCUT2D eigenvalue weighted by atomic mass is 9.78. The van der Waals surface area contributed by atoms with Crippen molar-refractivity contribution in [1.29, 1.82) is 0 Å². The zero-order chi connectivity index (χ0) is 63.0. The summed E-state index contributed by atoms with van der Waals surface area (Å²) in [5.41, 5.74) is -5.62. The number of amides is 1. The lowest BCUT2D eigenvalue weighted by Crippen LogP contribution is -2.52. The number of aryl methyl sites for hydroxylation is 1. The van der Waals surface area contributed by atoms with Gasteiger partial charge in [-0.05, 0) is 82.1 Å². The molecule has 0 radical (unpaired) electrons. The molecular weight excluding hydrogens is 1130 g/mol. The number of Topliss-reactive ketones (excluding diaryl/α,β-unsaturated/α-hetero) is 3. The molecule has 464 valence electrons. The Morgan fingerprint density at radius 2 is 1.56 bits per heavy atom. The number of hydrogen-bond acceptors (Lipinski definition) is 17. The number of phenols is 1. The molecule has 7 aliphatic rings. The van der Waals surface area contributed by atoms with E-state index in [1.165, 1.54) is 75.8 Å². The summed E-state index contributed by atoms with van der Waals surface area (Å²) < 4.78 is 87.4. The molecule has 10 atom stereocenters. The van der Waals surface area contributed by atoms with E-state index in [0.717, 1.165) is 16.9 Å². The number of carbonyl (C=O) groups is 6. The van der Waals surface area contributed by atoms with Gasteiger partial charge < -0.3 is 59.8 Å². The van der Waals surface area contributed by atoms with Gasteiger partial charge in [0.25, 0.3) is 17.2 Å². The molecule has 3 aromatic rings. The number of anilines is 1. The minimum Gasteiger partial charge on any atom is -0.507 e. The smallest absolute Gasteiger partial charge is 0.397 e. The van der Waals surface area contributed by atoms with Crippen LogP contribution in [-0.2, 0) is 23.8 Å². The minimum absolute atomic E-state index is 0.0140. The minimum atomic E-state index is -4.80. The third kappa shape index (κ3) is 11.2. The maximum atomic E-state index is 16.2. The predicted octanol–water partition coefficient (Wildman–Crippen LogP) is 7.11. The second-order valence-corrected chi connectivity index (χ2v) is 24.2. The molecule has 5 aliphatic heterocycles. The maximum absolute atomic E-state index is 16.2. The molecule has 1 unspecified atom stereocenters. The number of allylic oxidation sites excluding steroid dienone is 4. The van der Waals surface area contributed by atoms with Gasteiger partial charge in [-0.1, -0.05) is 45.9 Å². The molecule has 1 aromatic carbocycles. The first-order valence-corrected chi connectivity index (χ1v) is 28.8. The predicted molar refractivity (Wildman–Crippen MR) is 303 cm³/mol. The largest absolute Gasteiger partial charge is 0.507 e. The number of aromatic nitrogens is 1. The number of likely N-dealkylation sites (tertiary alicyclic amines) is 1. The summed E-state index contributed by atoms with van der Waals surface area (Å²) in [6, 6.07) is 0.664. The molecule has 2 aromatic heterocycles. The molecule has 5 bridgehead atoms. The Balaban J connectivity index is 1.02. The van der Waals surface area contributed by atoms with Crippen molar-refractivity contribution in [3.05, 3.63) is 115 Å². The van der Waals surface area contributed by atoms with Gasteiger partial charge in [-0.2, -0.15) is 13.2 Å². The fourth-order valence-electron chi connectivity index (χ4n) is 13.1. The number of aromatic hydroxyl groups is 1. The van der Waals surface area contributed by atoms with E-state index in [9.17, 15) is 44.4 Å². The van der Waals surface area contributed by atoms with Crippen LogP contribution in [0.25, 0.3) is 5.52 Å². The van der Waals surface area contributed by atoms with Crippen LogP contribution in [0.15, 0.2) is 64.6 Å². The summed E-state index contributed by atoms with van der Waals surface area (Å²) in [5.74, 6) is -13.1. The van der Waals surface area contributed by atoms with Crippen molar-refractivity contribution in [2.45, 2.75) is 143 Å². The number of carbonyl (C=O) groups excluding carboxylic acids is 5. The molecular formula is C62H73F4N5O15. The van der Waals surface area contributed by atoms with E-state index >= 15 is 27.2 Å². The van der Waals surface area contributed by atoms with Crippen LogP contribution in [-0.4, -0.2) is 147 Å². The van der Waals surface area contributed by atoms with Crippen molar-refractivity contribution in [2.24, 2.45) is 29.1 Å². The number of aromatic carboxylic acids is 1. The number of phenolic OH excluding ortho intramolecular Hbond substituents is 1. The molecule has 7 heterocycles. The molecule has 2 saturated heterocycles. The van der Waals surface area contributed by atoms with Gasteiger partial charge in [0.05, 0.1) is 64.1 Å². The van der Waals surface area contributed by atoms with E-state index < -0.39 is 171 Å². The zero-order valence-corrected chi connectivity index (χ0v) is 49.5. The van der Waals surface area contributed by atoms with Crippen LogP contribution in [0.3, 0.4) is 0 Å². The third-order valence-electron chi connectivity index (χ3n) is 18.4. The molecule has 1 saturated carbocycles. The van der Waals surface area contributed by atoms with Gasteiger partial charge in [-0.25, -0.2) is 9.18 Å². The fourth-order valence-corrected chi connectivity index (χ4v) is 13.1. The number of pyridine rings is 2. The number of carboxylic acid groups (broad SMARTS) is 1. The summed E-state index contributed by atoms with van der Waals surface area (Å²) in [6.45, 7) is 11.8. The highest BCUT2D eigenvalue weighted by Crippen LogP contribution is 2.51. The van der Waals surface area contributed by atoms with Gasteiger partial charge in [0, 0.05) is 94.5 Å². The number of ether oxygens (including phenoxy) is 4. The molecule has 86 heavy (non-hydrogen) atoms. The summed E-state index contributed by atoms with van der Waals surface area (Å²) in [5, 5.41) is 50.4. The SMILES string of the molecule is CO[C@H]1/C=C/O[C@@]2(C)Oc3c(C)c(O)c4c(c3C2=O)C(=O)C(N2CCC(NCC3(C(F)(F)F)CCN(c5c(F)cn6c(=O)c(C(=O)O)cc(C7CC7)c6c5C)C3)CC2)=C(NC(=O)/C(C)=C\C=C\[C@H](C)[C@H](O)[C@@H](C)[C@@H](O)[C@@H](C)[C@H](OC(C)=O)[C@@H]1C)C4=O. The van der Waals surface area contributed by atoms with Crippen molar-refractivity contribution in [2.75, 3.05) is 44.7 Å². The van der Waals surface area contributed by atoms with Crippen LogP contribution in [0, 0.1) is 48.8 Å². The van der Waals surface area contributed by atoms with E-state index in [0.29, 0.717) is 18.4 Å². The van der Waals surface area contributed by atoms with Crippen LogP contribution in [0.4, 0.5) is 23.2 Å². The Kier molecular flexibility index (Phi) is 17.4. The van der Waals surface area contributed by atoms with Crippen molar-refractivity contribution in [3.63, 3.8) is 0 Å². The van der Waals surface area contributed by atoms with Crippen LogP contribution in [0.1, 0.15) is 145 Å². The second kappa shape index (κ2) is 23.7. The van der Waals surface area contributed by atoms with E-state index in [2.05, 4.69) is 10.6 Å². The topological polar surface area (TPSA) is 272 Å². The summed E-state index contributed by atoms with van der Waals surface area (Å²) in [4.78, 5) is 100.0. The summed E-state index contributed by atoms with van der Waals surface area (Å²) >= 11 is 0. The molecule has 6 N–H and O–H groups in total. The number of nitrogens with one attached hydrogen (secondary N) is 2. The number of esters is 1. The average molecular weight is 1200 g/mol. The number of aliphatic hydroxyl groups excluding tert-OH is 2. The van der Waals surface area contributed by atoms with Crippen molar-refractivity contribution < 1.29 is 85.7 Å². The highest BCUT2D eigenvalue weighted by molar-refractivity contribution is 6.32. The van der Waals surface area contributed by atoms with Crippen LogP contribution in [0.5, 0.6) is 11.5 Å². The van der Waals surface area contributed by atoms with Crippen LogP contribution >= 0.6 is 0 Å². The Bertz CT molecular complexity index is 3510. The molecule has 10 rings (SSSR count). The van der Waals surface area contributed by atoms with Gasteiger partial charge in [0.1, 0.15) is 34.6 Å². The summed E-state index contributed by atoms with van der Waals surface area (Å²) in [7, 11) is 1.38. The number of alkyl halides is 3. The van der Waals surface area contributed by atoms with Gasteiger partial charge in [0.2, 0.25) is 11.6 Å². The molecule has 20 nitrogen and oxygen atoms in total. The third-order valence-corrected chi connectivity index (χ3v) is 18.4. The Morgan fingerprint density at radius 1 is 0.884 bits per heavy atom. The van der Waals surface area contributed by atoms with E-state index in [1.54, 1.807) is 33.8 Å². The van der Waals surface area contributed by atoms with E-state index in [4.69, 9.17) is 18.9 Å². The van der Waals surface area contributed by atoms with Gasteiger partial charge in [-0.15, -0.1) is 0 Å². The van der Waals surface area contributed by atoms with Crippen molar-refractivity contribution in [1.82, 2.24) is 19.9 Å². The fraction of sp³-hybridized carbons (Fsp3) is 0.532. The number of fused-ring (bicyclic) bond motifs is 15. The van der Waals surface area contributed by atoms with Gasteiger partial charge >= 0.3 is 23.9 Å². The number of hydrogen-bond donors (Lipinski definition) is 6. The normalized spacial score (nSPS) is 30.3. The van der Waals surface area contributed by atoms with Gasteiger partial charge in [-0.3, -0.25) is 33.2 Å². The Morgan fingerprint density at radius 3 is 2.17 bits per heavy atom. The van der Waals surface area contributed by atoms with E-state index in [1.807, 2.05) is 0 Å². The lowest BCUT2D eigenvalue weighted by molar-refractivity contribution is -0.215. The number of carboxylic acids is 1. The Labute approximate surface area is 493 Å². The highest BCUT2D eigenvalue weighted by Gasteiger charge is 2.59. The number of methoxy groups -OCH3 is 1. The highest BCUT2D eigenvalue weighted by atomic mass is 19.4. The van der Waals surface area contributed by atoms with Crippen LogP contribution in [0.2, 0.25) is 0 Å². The molecule has 3 fully saturated rings. The van der Waals surface area contributed by atoms with Crippen LogP contribution < -0.4 is 25.8 Å². The number of benzene rings is 1. The molecule has 24 heteroatoms. The first kappa shape index (κ1) is 63.1. The number of aliphatic hydroxyl groups is 2. The second-order valence-electron chi connectivity index (χ2n) is 24.2. The number of piperidine rings is 1. The standard InChI is InChI=1S/C62H73F4N5O15/c1-28-12-11-13-29(2)57(79)68-45-48(69-20-16-37(17-21-69)67-26-61(62(64,65)66)19-22-70(27-61)47-31(4)46-38(36-14-15-36)24-39(59(81)82)58(80)71(46)25-40(47)63)53(77)42-43(52(45)76)51(75)34(7)55-44(42)56(78)60(9,86-55)84-23-18-41(83-10)30(3)54(85-35(8)72)33(6)50(74)32(5)49(28)73/h11-13,18,23-25,28,30,32-33,36-37,41,49-50,54,67,73-75H,14-17,19-22,26-27H2,1-10H3,(H,68,79)(H,81,82)/b12-11+,23-18+,29-13-/t28-,30+,32+,33+,41-,49-,50+,54+,60-,61?/m0/s1. The quantitative estimate of drug-likeness (QED) is 0.0920. The molecule has 1 amide bonds. The zero-order valence-electron chi connectivity index (χ0n) is 49.5. The van der Waals surface area contributed by atoms with Gasteiger partial charge in [0.15, 0.2) is 5.82 Å². The van der Waals surface area contributed by atoms with Crippen molar-refractivity contribution in [3.8, 4) is 11.5 Å². The monoisotopic (exact) mass is 1200 g/mol. The Hall–Kier alpha value is -7.41.